The lowest BCUT2D eigenvalue weighted by atomic mass is 10.2. The van der Waals surface area contributed by atoms with Crippen LogP contribution in [-0.2, 0) is 9.53 Å². The Bertz CT molecular complexity index is 393. The zero-order valence-electron chi connectivity index (χ0n) is 9.40. The number of esters is 1. The molecule has 0 amide bonds. The van der Waals surface area contributed by atoms with Crippen molar-refractivity contribution >= 4 is 23.6 Å². The van der Waals surface area contributed by atoms with Crippen molar-refractivity contribution in [1.29, 1.82) is 0 Å². The van der Waals surface area contributed by atoms with Crippen LogP contribution in [-0.4, -0.2) is 21.5 Å². The van der Waals surface area contributed by atoms with Gasteiger partial charge in [-0.25, -0.2) is 9.78 Å². The molecule has 1 aromatic heterocycles. The molecule has 0 aliphatic heterocycles. The van der Waals surface area contributed by atoms with Crippen LogP contribution in [0, 0.1) is 0 Å². The third-order valence-corrected chi connectivity index (χ3v) is 1.63. The molecule has 86 valence electrons. The molecule has 0 atom stereocenters. The van der Waals surface area contributed by atoms with E-state index in [4.69, 9.17) is 16.3 Å². The first-order valence-electron chi connectivity index (χ1n) is 4.75. The summed E-state index contributed by atoms with van der Waals surface area (Å²) < 4.78 is 5.08. The number of carbonyl (C=O) groups is 1. The lowest BCUT2D eigenvalue weighted by molar-refractivity contribution is -0.148. The van der Waals surface area contributed by atoms with Gasteiger partial charge in [0.15, 0.2) is 0 Å². The van der Waals surface area contributed by atoms with Gasteiger partial charge in [0.1, 0.15) is 10.8 Å². The molecule has 5 heteroatoms. The van der Waals surface area contributed by atoms with E-state index >= 15 is 0 Å². The van der Waals surface area contributed by atoms with E-state index in [1.807, 2.05) is 0 Å². The predicted molar refractivity (Wildman–Crippen MR) is 61.9 cm³/mol. The lowest BCUT2D eigenvalue weighted by Crippen LogP contribution is -2.22. The highest BCUT2D eigenvalue weighted by Gasteiger charge is 2.13. The van der Waals surface area contributed by atoms with Crippen LogP contribution in [0.15, 0.2) is 18.5 Å². The highest BCUT2D eigenvalue weighted by Crippen LogP contribution is 2.08. The summed E-state index contributed by atoms with van der Waals surface area (Å²) in [6, 6.07) is 0. The third-order valence-electron chi connectivity index (χ3n) is 1.44. The summed E-state index contributed by atoms with van der Waals surface area (Å²) in [7, 11) is 0. The Morgan fingerprint density at radius 1 is 1.38 bits per heavy atom. The van der Waals surface area contributed by atoms with E-state index in [0.717, 1.165) is 0 Å². The van der Waals surface area contributed by atoms with Crippen molar-refractivity contribution in [1.82, 2.24) is 9.97 Å². The van der Waals surface area contributed by atoms with E-state index in [0.29, 0.717) is 10.8 Å². The van der Waals surface area contributed by atoms with Crippen molar-refractivity contribution in [2.24, 2.45) is 0 Å². The van der Waals surface area contributed by atoms with Crippen LogP contribution in [0.5, 0.6) is 0 Å². The summed E-state index contributed by atoms with van der Waals surface area (Å²) in [4.78, 5) is 19.1. The predicted octanol–water partition coefficient (Wildman–Crippen LogP) is 2.48. The van der Waals surface area contributed by atoms with E-state index < -0.39 is 11.6 Å². The van der Waals surface area contributed by atoms with E-state index in [1.165, 1.54) is 24.5 Å². The highest BCUT2D eigenvalue weighted by atomic mass is 35.5. The molecule has 0 saturated carbocycles. The van der Waals surface area contributed by atoms with Crippen LogP contribution in [0.4, 0.5) is 0 Å². The zero-order chi connectivity index (χ0) is 12.2. The van der Waals surface area contributed by atoms with Gasteiger partial charge >= 0.3 is 5.97 Å². The number of hydrogen-bond donors (Lipinski definition) is 0. The van der Waals surface area contributed by atoms with Gasteiger partial charge in [0.05, 0.1) is 18.1 Å². The molecule has 0 aliphatic rings. The Kier molecular flexibility index (Phi) is 4.01. The molecule has 0 aromatic carbocycles. The summed E-state index contributed by atoms with van der Waals surface area (Å²) in [5, 5.41) is 0.314. The molecule has 1 rings (SSSR count). The summed E-state index contributed by atoms with van der Waals surface area (Å²) in [6.45, 7) is 5.42. The molecule has 0 saturated heterocycles. The Labute approximate surface area is 99.3 Å². The maximum atomic E-state index is 11.3. The number of carbonyl (C=O) groups excluding carboxylic acids is 1. The van der Waals surface area contributed by atoms with Crippen LogP contribution in [0.1, 0.15) is 26.5 Å². The average molecular weight is 241 g/mol. The van der Waals surface area contributed by atoms with Gasteiger partial charge in [-0.3, -0.25) is 4.98 Å². The van der Waals surface area contributed by atoms with Crippen LogP contribution >= 0.6 is 11.6 Å². The van der Waals surface area contributed by atoms with Crippen molar-refractivity contribution in [3.63, 3.8) is 0 Å². The summed E-state index contributed by atoms with van der Waals surface area (Å²) in [5.74, 6) is -0.413. The van der Waals surface area contributed by atoms with Crippen molar-refractivity contribution in [2.75, 3.05) is 0 Å². The van der Waals surface area contributed by atoms with Crippen molar-refractivity contribution in [2.45, 2.75) is 26.4 Å². The maximum absolute atomic E-state index is 11.3. The number of hydrogen-bond acceptors (Lipinski definition) is 4. The Balaban J connectivity index is 2.60. The smallest absolute Gasteiger partial charge is 0.331 e. The maximum Gasteiger partial charge on any atom is 0.331 e. The normalized spacial score (nSPS) is 11.8. The topological polar surface area (TPSA) is 52.1 Å². The Morgan fingerprint density at radius 2 is 2.06 bits per heavy atom. The Hall–Kier alpha value is -1.42. The lowest BCUT2D eigenvalue weighted by Gasteiger charge is -2.17. The van der Waals surface area contributed by atoms with Crippen molar-refractivity contribution in [3.05, 3.63) is 29.3 Å². The minimum atomic E-state index is -0.493. The standard InChI is InChI=1S/C11H13ClN2O2/c1-11(2,3)16-10(15)5-4-8-6-14-9(12)7-13-8/h4-7H,1-3H3. The first kappa shape index (κ1) is 12.6. The zero-order valence-corrected chi connectivity index (χ0v) is 10.2. The van der Waals surface area contributed by atoms with Gasteiger partial charge < -0.3 is 4.74 Å². The molecule has 4 nitrogen and oxygen atoms in total. The summed E-state index contributed by atoms with van der Waals surface area (Å²) in [6.07, 6.45) is 5.72. The number of nitrogens with zero attached hydrogens (tertiary/aromatic N) is 2. The fourth-order valence-electron chi connectivity index (χ4n) is 0.898. The first-order chi connectivity index (χ1) is 7.37. The van der Waals surface area contributed by atoms with Gasteiger partial charge in [-0.15, -0.1) is 0 Å². The van der Waals surface area contributed by atoms with E-state index in [1.54, 1.807) is 20.8 Å². The monoisotopic (exact) mass is 240 g/mol. The molecule has 0 spiro atoms. The average Bonchev–Trinajstić information content (AvgIpc) is 2.14. The van der Waals surface area contributed by atoms with Crippen molar-refractivity contribution in [3.8, 4) is 0 Å². The molecule has 0 bridgehead atoms. The second-order valence-corrected chi connectivity index (χ2v) is 4.52. The number of aromatic nitrogens is 2. The Morgan fingerprint density at radius 3 is 2.56 bits per heavy atom. The fraction of sp³-hybridized carbons (Fsp3) is 0.364. The number of rotatable bonds is 2. The van der Waals surface area contributed by atoms with Gasteiger partial charge in [-0.05, 0) is 26.8 Å². The summed E-state index contributed by atoms with van der Waals surface area (Å²) >= 11 is 5.57. The molecule has 1 heterocycles. The second-order valence-electron chi connectivity index (χ2n) is 4.13. The van der Waals surface area contributed by atoms with E-state index in [2.05, 4.69) is 9.97 Å². The quantitative estimate of drug-likeness (QED) is 0.589. The first-order valence-corrected chi connectivity index (χ1v) is 5.13. The largest absolute Gasteiger partial charge is 0.457 e. The minimum Gasteiger partial charge on any atom is -0.457 e. The fourth-order valence-corrected chi connectivity index (χ4v) is 0.995. The van der Waals surface area contributed by atoms with Gasteiger partial charge in [0, 0.05) is 6.08 Å². The molecule has 1 aromatic rings. The molecular formula is C11H13ClN2O2. The van der Waals surface area contributed by atoms with Crippen LogP contribution in [0.3, 0.4) is 0 Å². The summed E-state index contributed by atoms with van der Waals surface area (Å²) in [5.41, 5.74) is 0.0582. The van der Waals surface area contributed by atoms with Gasteiger partial charge in [-0.2, -0.15) is 0 Å². The SMILES string of the molecule is CC(C)(C)OC(=O)C=Cc1cnc(Cl)cn1. The van der Waals surface area contributed by atoms with Crippen LogP contribution < -0.4 is 0 Å². The molecule has 0 radical (unpaired) electrons. The van der Waals surface area contributed by atoms with Crippen LogP contribution in [0.25, 0.3) is 6.08 Å². The molecule has 0 N–H and O–H groups in total. The van der Waals surface area contributed by atoms with Gasteiger partial charge in [0.25, 0.3) is 0 Å². The second kappa shape index (κ2) is 5.07. The van der Waals surface area contributed by atoms with Crippen molar-refractivity contribution < 1.29 is 9.53 Å². The van der Waals surface area contributed by atoms with Crippen LogP contribution in [0.2, 0.25) is 5.15 Å². The minimum absolute atomic E-state index is 0.314. The molecular weight excluding hydrogens is 228 g/mol. The highest BCUT2D eigenvalue weighted by molar-refractivity contribution is 6.29. The third kappa shape index (κ3) is 4.89. The van der Waals surface area contributed by atoms with Gasteiger partial charge in [0.2, 0.25) is 0 Å². The molecule has 0 fully saturated rings. The van der Waals surface area contributed by atoms with Gasteiger partial charge in [-0.1, -0.05) is 11.6 Å². The molecule has 16 heavy (non-hydrogen) atoms. The van der Waals surface area contributed by atoms with E-state index in [-0.39, 0.29) is 0 Å². The van der Waals surface area contributed by atoms with E-state index in [9.17, 15) is 4.79 Å². The number of halogens is 1. The number of ether oxygens (including phenoxy) is 1. The molecule has 0 aliphatic carbocycles. The molecule has 0 unspecified atom stereocenters.